The lowest BCUT2D eigenvalue weighted by molar-refractivity contribution is -0.124. The molecule has 0 aromatic heterocycles. The number of benzene rings is 1. The van der Waals surface area contributed by atoms with Crippen molar-refractivity contribution in [3.8, 4) is 0 Å². The van der Waals surface area contributed by atoms with Crippen molar-refractivity contribution in [2.24, 2.45) is 11.8 Å². The maximum atomic E-state index is 12.8. The second-order valence-electron chi connectivity index (χ2n) is 9.04. The molecule has 2 fully saturated rings. The summed E-state index contributed by atoms with van der Waals surface area (Å²) in [5, 5.41) is 6.06. The van der Waals surface area contributed by atoms with Gasteiger partial charge in [-0.1, -0.05) is 28.1 Å². The van der Waals surface area contributed by atoms with Crippen molar-refractivity contribution in [2.75, 3.05) is 6.54 Å². The maximum absolute atomic E-state index is 12.8. The molecule has 0 radical (unpaired) electrons. The number of carbonyl (C=O) groups is 2. The van der Waals surface area contributed by atoms with Crippen LogP contribution >= 0.6 is 15.9 Å². The minimum atomic E-state index is -0.533. The number of carbonyl (C=O) groups excluding carboxylic acids is 2. The van der Waals surface area contributed by atoms with Gasteiger partial charge in [-0.15, -0.1) is 0 Å². The first-order valence-electron chi connectivity index (χ1n) is 9.62. The summed E-state index contributed by atoms with van der Waals surface area (Å²) >= 11 is 3.49. The lowest BCUT2D eigenvalue weighted by atomic mass is 9.95. The van der Waals surface area contributed by atoms with E-state index in [0.717, 1.165) is 23.7 Å². The third-order valence-corrected chi connectivity index (χ3v) is 5.78. The van der Waals surface area contributed by atoms with Gasteiger partial charge in [-0.05, 0) is 76.5 Å². The monoisotopic (exact) mass is 436 g/mol. The Balaban J connectivity index is 1.56. The van der Waals surface area contributed by atoms with Crippen molar-refractivity contribution in [2.45, 2.75) is 64.0 Å². The minimum Gasteiger partial charge on any atom is -0.444 e. The maximum Gasteiger partial charge on any atom is 0.407 e. The number of nitrogens with one attached hydrogen (secondary N) is 2. The van der Waals surface area contributed by atoms with Crippen molar-refractivity contribution >= 4 is 27.9 Å². The van der Waals surface area contributed by atoms with Crippen LogP contribution in [-0.4, -0.2) is 29.7 Å². The normalized spacial score (nSPS) is 23.9. The zero-order valence-corrected chi connectivity index (χ0v) is 18.1. The van der Waals surface area contributed by atoms with E-state index in [2.05, 4.69) is 38.7 Å². The van der Waals surface area contributed by atoms with Gasteiger partial charge in [-0.3, -0.25) is 4.79 Å². The molecule has 3 unspecified atom stereocenters. The number of alkyl carbamates (subject to hydrolysis) is 1. The Kier molecular flexibility index (Phi) is 5.57. The van der Waals surface area contributed by atoms with Crippen LogP contribution in [0.3, 0.4) is 0 Å². The summed E-state index contributed by atoms with van der Waals surface area (Å²) < 4.78 is 6.35. The van der Waals surface area contributed by atoms with Crippen LogP contribution in [0, 0.1) is 11.8 Å². The zero-order valence-electron chi connectivity index (χ0n) is 16.5. The van der Waals surface area contributed by atoms with Crippen molar-refractivity contribution in [3.05, 3.63) is 34.3 Å². The fraction of sp³-hybridized carbons (Fsp3) is 0.619. The molecular weight excluding hydrogens is 408 g/mol. The lowest BCUT2D eigenvalue weighted by Crippen LogP contribution is -2.56. The quantitative estimate of drug-likeness (QED) is 0.695. The number of hydrogen-bond donors (Lipinski definition) is 2. The average molecular weight is 437 g/mol. The molecule has 0 bridgehead atoms. The van der Waals surface area contributed by atoms with E-state index in [1.807, 2.05) is 39.8 Å². The molecular formula is C21H29BrN2O3. The second kappa shape index (κ2) is 7.46. The van der Waals surface area contributed by atoms with Crippen LogP contribution in [0.25, 0.3) is 0 Å². The fourth-order valence-corrected chi connectivity index (χ4v) is 3.96. The van der Waals surface area contributed by atoms with E-state index in [9.17, 15) is 9.59 Å². The molecule has 0 aliphatic heterocycles. The fourth-order valence-electron chi connectivity index (χ4n) is 3.55. The highest BCUT2D eigenvalue weighted by molar-refractivity contribution is 9.10. The van der Waals surface area contributed by atoms with Crippen LogP contribution in [0.2, 0.25) is 0 Å². The van der Waals surface area contributed by atoms with E-state index in [1.165, 1.54) is 5.56 Å². The first-order valence-corrected chi connectivity index (χ1v) is 10.4. The third-order valence-electron chi connectivity index (χ3n) is 5.29. The van der Waals surface area contributed by atoms with E-state index in [4.69, 9.17) is 4.74 Å². The Morgan fingerprint density at radius 1 is 1.22 bits per heavy atom. The van der Waals surface area contributed by atoms with Gasteiger partial charge in [0.05, 0.1) is 5.54 Å². The second-order valence-corrected chi connectivity index (χ2v) is 9.96. The summed E-state index contributed by atoms with van der Waals surface area (Å²) in [5.41, 5.74) is 0.233. The lowest BCUT2D eigenvalue weighted by Gasteiger charge is -2.32. The Morgan fingerprint density at radius 2 is 1.93 bits per heavy atom. The highest BCUT2D eigenvalue weighted by atomic mass is 79.9. The van der Waals surface area contributed by atoms with E-state index < -0.39 is 17.2 Å². The molecule has 0 saturated heterocycles. The molecule has 1 aromatic carbocycles. The van der Waals surface area contributed by atoms with Crippen LogP contribution in [0.5, 0.6) is 0 Å². The third kappa shape index (κ3) is 5.47. The Bertz CT molecular complexity index is 726. The Labute approximate surface area is 169 Å². The molecule has 3 rings (SSSR count). The molecule has 2 N–H and O–H groups in total. The van der Waals surface area contributed by atoms with Crippen molar-refractivity contribution in [3.63, 3.8) is 0 Å². The molecule has 27 heavy (non-hydrogen) atoms. The van der Waals surface area contributed by atoms with Crippen LogP contribution in [0.1, 0.15) is 58.4 Å². The standard InChI is InChI=1S/C21H29BrN2O3/c1-20(2,3)27-19(26)23-12-21(4,14-8-9-14)24-18(25)17-11-16(17)13-6-5-7-15(22)10-13/h5-7,10,14,16-17H,8-9,11-12H2,1-4H3,(H,23,26)(H,24,25). The summed E-state index contributed by atoms with van der Waals surface area (Å²) in [4.78, 5) is 24.8. The molecule has 2 saturated carbocycles. The molecule has 5 nitrogen and oxygen atoms in total. The summed E-state index contributed by atoms with van der Waals surface area (Å²) in [5.74, 6) is 0.781. The number of ether oxygens (including phenoxy) is 1. The average Bonchev–Trinajstić information content (AvgIpc) is 3.44. The van der Waals surface area contributed by atoms with Gasteiger partial charge in [-0.25, -0.2) is 4.79 Å². The first-order chi connectivity index (χ1) is 12.6. The minimum absolute atomic E-state index is 0.0129. The number of rotatable bonds is 6. The van der Waals surface area contributed by atoms with Gasteiger partial charge in [0, 0.05) is 16.9 Å². The Hall–Kier alpha value is -1.56. The molecule has 2 aliphatic rings. The van der Waals surface area contributed by atoms with Gasteiger partial charge in [0.25, 0.3) is 0 Å². The van der Waals surface area contributed by atoms with Crippen LogP contribution in [0.4, 0.5) is 4.79 Å². The van der Waals surface area contributed by atoms with Crippen LogP contribution < -0.4 is 10.6 Å². The molecule has 0 spiro atoms. The molecule has 2 amide bonds. The first kappa shape index (κ1) is 20.2. The van der Waals surface area contributed by atoms with E-state index in [1.54, 1.807) is 0 Å². The predicted molar refractivity (Wildman–Crippen MR) is 108 cm³/mol. The molecule has 2 aliphatic carbocycles. The van der Waals surface area contributed by atoms with Gasteiger partial charge in [-0.2, -0.15) is 0 Å². The van der Waals surface area contributed by atoms with Crippen molar-refractivity contribution in [1.29, 1.82) is 0 Å². The summed E-state index contributed by atoms with van der Waals surface area (Å²) in [6.45, 7) is 7.92. The molecule has 6 heteroatoms. The van der Waals surface area contributed by atoms with Gasteiger partial charge >= 0.3 is 6.09 Å². The summed E-state index contributed by atoms with van der Waals surface area (Å²) in [7, 11) is 0. The van der Waals surface area contributed by atoms with Crippen molar-refractivity contribution in [1.82, 2.24) is 10.6 Å². The molecule has 0 heterocycles. The predicted octanol–water partition coefficient (Wildman–Crippen LogP) is 4.36. The molecule has 148 valence electrons. The summed E-state index contributed by atoms with van der Waals surface area (Å²) in [6, 6.07) is 8.16. The van der Waals surface area contributed by atoms with Crippen LogP contribution in [-0.2, 0) is 9.53 Å². The van der Waals surface area contributed by atoms with Crippen molar-refractivity contribution < 1.29 is 14.3 Å². The molecule has 3 atom stereocenters. The number of amides is 2. The smallest absolute Gasteiger partial charge is 0.407 e. The largest absolute Gasteiger partial charge is 0.444 e. The van der Waals surface area contributed by atoms with E-state index in [-0.39, 0.29) is 17.7 Å². The topological polar surface area (TPSA) is 67.4 Å². The zero-order chi connectivity index (χ0) is 19.8. The number of halogens is 1. The van der Waals surface area contributed by atoms with Gasteiger partial charge in [0.15, 0.2) is 0 Å². The SMILES string of the molecule is CC(C)(C)OC(=O)NCC(C)(NC(=O)C1CC1c1cccc(Br)c1)C1CC1. The van der Waals surface area contributed by atoms with E-state index >= 15 is 0 Å². The summed E-state index contributed by atoms with van der Waals surface area (Å²) in [6.07, 6.45) is 2.59. The Morgan fingerprint density at radius 3 is 2.52 bits per heavy atom. The van der Waals surface area contributed by atoms with Crippen LogP contribution in [0.15, 0.2) is 28.7 Å². The van der Waals surface area contributed by atoms with E-state index in [0.29, 0.717) is 12.5 Å². The highest BCUT2D eigenvalue weighted by Gasteiger charge is 2.49. The number of hydrogen-bond acceptors (Lipinski definition) is 3. The van der Waals surface area contributed by atoms with Gasteiger partial charge < -0.3 is 15.4 Å². The molecule has 1 aromatic rings. The highest BCUT2D eigenvalue weighted by Crippen LogP contribution is 2.49. The van der Waals surface area contributed by atoms with Gasteiger partial charge in [0.1, 0.15) is 5.60 Å². The van der Waals surface area contributed by atoms with Gasteiger partial charge in [0.2, 0.25) is 5.91 Å².